The second kappa shape index (κ2) is 5.49. The number of hydrogen-bond donors (Lipinski definition) is 1. The molecule has 3 fully saturated rings. The van der Waals surface area contributed by atoms with E-state index in [4.69, 9.17) is 24.2 Å². The van der Waals surface area contributed by atoms with E-state index in [9.17, 15) is 5.11 Å². The Morgan fingerprint density at radius 1 is 1.24 bits per heavy atom. The van der Waals surface area contributed by atoms with Crippen molar-refractivity contribution in [3.63, 3.8) is 0 Å². The van der Waals surface area contributed by atoms with Gasteiger partial charge in [0.25, 0.3) is 0 Å². The first-order chi connectivity index (χ1) is 9.92. The van der Waals surface area contributed by atoms with Gasteiger partial charge in [0.05, 0.1) is 24.9 Å². The van der Waals surface area contributed by atoms with Crippen molar-refractivity contribution in [3.05, 3.63) is 0 Å². The van der Waals surface area contributed by atoms with Gasteiger partial charge in [0.2, 0.25) is 0 Å². The van der Waals surface area contributed by atoms with E-state index in [-0.39, 0.29) is 24.4 Å². The number of ether oxygens (including phenoxy) is 4. The Morgan fingerprint density at radius 3 is 2.71 bits per heavy atom. The van der Waals surface area contributed by atoms with Gasteiger partial charge in [-0.3, -0.25) is 0 Å². The summed E-state index contributed by atoms with van der Waals surface area (Å²) in [6.45, 7) is 4.22. The number of rotatable bonds is 3. The minimum atomic E-state index is -1.25. The van der Waals surface area contributed by atoms with Gasteiger partial charge in [-0.05, 0) is 33.1 Å². The standard InChI is InChI=1S/C15H23NO5/c1-14(2)18-9-12(21-14)11-8-15(17)13(19-11)6-5-10(20-15)4-3-7-16/h10-13,17H,3-6,8-9H2,1-2H3/t10?,11?,12?,13-,15-/m0/s1. The molecule has 0 aliphatic carbocycles. The van der Waals surface area contributed by atoms with Crippen LogP contribution in [0.25, 0.3) is 0 Å². The molecule has 0 aromatic carbocycles. The Kier molecular flexibility index (Phi) is 3.97. The molecule has 6 nitrogen and oxygen atoms in total. The Labute approximate surface area is 124 Å². The largest absolute Gasteiger partial charge is 0.366 e. The van der Waals surface area contributed by atoms with Crippen molar-refractivity contribution < 1.29 is 24.1 Å². The van der Waals surface area contributed by atoms with E-state index in [0.29, 0.717) is 25.9 Å². The minimum Gasteiger partial charge on any atom is -0.366 e. The Bertz CT molecular complexity index is 434. The van der Waals surface area contributed by atoms with Gasteiger partial charge in [-0.1, -0.05) is 0 Å². The SMILES string of the molecule is CC1(C)OCC(C2C[C@]3(O)OC(CCC#N)CC[C@@H]3O2)O1. The van der Waals surface area contributed by atoms with Crippen molar-refractivity contribution in [3.8, 4) is 6.07 Å². The van der Waals surface area contributed by atoms with Gasteiger partial charge in [-0.25, -0.2) is 0 Å². The van der Waals surface area contributed by atoms with E-state index >= 15 is 0 Å². The van der Waals surface area contributed by atoms with Crippen LogP contribution in [0.3, 0.4) is 0 Å². The van der Waals surface area contributed by atoms with Gasteiger partial charge < -0.3 is 24.1 Å². The summed E-state index contributed by atoms with van der Waals surface area (Å²) in [6.07, 6.45) is 2.31. The van der Waals surface area contributed by atoms with Crippen molar-refractivity contribution >= 4 is 0 Å². The van der Waals surface area contributed by atoms with Gasteiger partial charge in [0.1, 0.15) is 12.2 Å². The first-order valence-corrected chi connectivity index (χ1v) is 7.66. The van der Waals surface area contributed by atoms with Crippen LogP contribution in [-0.4, -0.2) is 47.7 Å². The zero-order valence-electron chi connectivity index (χ0n) is 12.6. The molecule has 3 aliphatic rings. The first-order valence-electron chi connectivity index (χ1n) is 7.66. The van der Waals surface area contributed by atoms with Crippen LogP contribution in [-0.2, 0) is 18.9 Å². The van der Waals surface area contributed by atoms with E-state index in [1.807, 2.05) is 13.8 Å². The molecule has 3 heterocycles. The Balaban J connectivity index is 1.61. The maximum absolute atomic E-state index is 10.7. The topological polar surface area (TPSA) is 80.9 Å². The Hall–Kier alpha value is -0.710. The number of hydrogen-bond acceptors (Lipinski definition) is 6. The van der Waals surface area contributed by atoms with Crippen molar-refractivity contribution in [2.75, 3.05) is 6.61 Å². The predicted molar refractivity (Wildman–Crippen MR) is 72.1 cm³/mol. The maximum Gasteiger partial charge on any atom is 0.195 e. The molecule has 118 valence electrons. The lowest BCUT2D eigenvalue weighted by Crippen LogP contribution is -2.48. The van der Waals surface area contributed by atoms with Gasteiger partial charge in [-0.15, -0.1) is 0 Å². The molecule has 0 aromatic heterocycles. The van der Waals surface area contributed by atoms with Crippen LogP contribution in [0.2, 0.25) is 0 Å². The van der Waals surface area contributed by atoms with Crippen molar-refractivity contribution in [2.45, 2.75) is 81.9 Å². The van der Waals surface area contributed by atoms with Crippen LogP contribution in [0.5, 0.6) is 0 Å². The molecule has 0 aromatic rings. The zero-order valence-corrected chi connectivity index (χ0v) is 12.6. The van der Waals surface area contributed by atoms with Gasteiger partial charge in [0, 0.05) is 12.8 Å². The highest BCUT2D eigenvalue weighted by molar-refractivity contribution is 4.97. The average molecular weight is 297 g/mol. The quantitative estimate of drug-likeness (QED) is 0.849. The molecule has 1 N–H and O–H groups in total. The highest BCUT2D eigenvalue weighted by Crippen LogP contribution is 2.43. The van der Waals surface area contributed by atoms with Crippen molar-refractivity contribution in [1.82, 2.24) is 0 Å². The first kappa shape index (κ1) is 15.2. The summed E-state index contributed by atoms with van der Waals surface area (Å²) in [4.78, 5) is 0. The lowest BCUT2D eigenvalue weighted by Gasteiger charge is -2.37. The number of aliphatic hydroxyl groups is 1. The summed E-state index contributed by atoms with van der Waals surface area (Å²) in [5.41, 5.74) is 0. The van der Waals surface area contributed by atoms with E-state index in [2.05, 4.69) is 6.07 Å². The van der Waals surface area contributed by atoms with E-state index in [1.165, 1.54) is 0 Å². The molecule has 3 saturated heterocycles. The van der Waals surface area contributed by atoms with Crippen LogP contribution in [0.1, 0.15) is 46.0 Å². The molecule has 6 heteroatoms. The third kappa shape index (κ3) is 3.08. The maximum atomic E-state index is 10.7. The summed E-state index contributed by atoms with van der Waals surface area (Å²) in [7, 11) is 0. The molecule has 0 saturated carbocycles. The molecule has 0 bridgehead atoms. The predicted octanol–water partition coefficient (Wildman–Crippen LogP) is 1.47. The van der Waals surface area contributed by atoms with Gasteiger partial charge >= 0.3 is 0 Å². The minimum absolute atomic E-state index is 0.0644. The number of nitrogens with zero attached hydrogens (tertiary/aromatic N) is 1. The average Bonchev–Trinajstić information content (AvgIpc) is 2.95. The smallest absolute Gasteiger partial charge is 0.195 e. The molecular weight excluding hydrogens is 274 g/mol. The van der Waals surface area contributed by atoms with E-state index in [0.717, 1.165) is 12.8 Å². The van der Waals surface area contributed by atoms with Crippen LogP contribution in [0, 0.1) is 11.3 Å². The number of nitriles is 1. The van der Waals surface area contributed by atoms with Crippen molar-refractivity contribution in [1.29, 1.82) is 5.26 Å². The third-order valence-corrected chi connectivity index (χ3v) is 4.48. The monoisotopic (exact) mass is 297 g/mol. The second-order valence-electron chi connectivity index (χ2n) is 6.59. The van der Waals surface area contributed by atoms with Crippen LogP contribution in [0.15, 0.2) is 0 Å². The highest BCUT2D eigenvalue weighted by Gasteiger charge is 2.55. The highest BCUT2D eigenvalue weighted by atomic mass is 16.8. The summed E-state index contributed by atoms with van der Waals surface area (Å²) >= 11 is 0. The van der Waals surface area contributed by atoms with Crippen LogP contribution < -0.4 is 0 Å². The molecule has 0 spiro atoms. The fourth-order valence-electron chi connectivity index (χ4n) is 3.43. The van der Waals surface area contributed by atoms with E-state index in [1.54, 1.807) is 0 Å². The summed E-state index contributed by atoms with van der Waals surface area (Å²) in [5.74, 6) is -1.85. The molecule has 3 unspecified atom stereocenters. The normalized spacial score (nSPS) is 45.2. The molecule has 5 atom stereocenters. The van der Waals surface area contributed by atoms with Crippen LogP contribution >= 0.6 is 0 Å². The molecule has 3 rings (SSSR count). The van der Waals surface area contributed by atoms with Crippen molar-refractivity contribution in [2.24, 2.45) is 0 Å². The van der Waals surface area contributed by atoms with E-state index < -0.39 is 11.6 Å². The third-order valence-electron chi connectivity index (χ3n) is 4.48. The molecule has 0 amide bonds. The zero-order chi connectivity index (χ0) is 15.1. The molecule has 21 heavy (non-hydrogen) atoms. The number of fused-ring (bicyclic) bond motifs is 1. The lowest BCUT2D eigenvalue weighted by atomic mass is 9.94. The lowest BCUT2D eigenvalue weighted by molar-refractivity contribution is -0.276. The molecule has 3 aliphatic heterocycles. The molecule has 0 radical (unpaired) electrons. The second-order valence-corrected chi connectivity index (χ2v) is 6.59. The van der Waals surface area contributed by atoms with Gasteiger partial charge in [0.15, 0.2) is 11.6 Å². The van der Waals surface area contributed by atoms with Crippen LogP contribution in [0.4, 0.5) is 0 Å². The summed E-state index contributed by atoms with van der Waals surface area (Å²) in [5, 5.41) is 19.4. The summed E-state index contributed by atoms with van der Waals surface area (Å²) < 4.78 is 23.2. The summed E-state index contributed by atoms with van der Waals surface area (Å²) in [6, 6.07) is 2.12. The Morgan fingerprint density at radius 2 is 2.05 bits per heavy atom. The molecular formula is C15H23NO5. The fourth-order valence-corrected chi connectivity index (χ4v) is 3.43. The van der Waals surface area contributed by atoms with Gasteiger partial charge in [-0.2, -0.15) is 5.26 Å². The fraction of sp³-hybridized carbons (Fsp3) is 0.933.